The normalized spacial score (nSPS) is 10.3. The van der Waals surface area contributed by atoms with Gasteiger partial charge in [-0.15, -0.1) is 0 Å². The van der Waals surface area contributed by atoms with Crippen molar-refractivity contribution in [2.24, 2.45) is 0 Å². The van der Waals surface area contributed by atoms with E-state index in [4.69, 9.17) is 0 Å². The lowest BCUT2D eigenvalue weighted by Gasteiger charge is -2.04. The van der Waals surface area contributed by atoms with Gasteiger partial charge in [-0.05, 0) is 37.5 Å². The molecular formula is C14H17N3O. The molecule has 4 nitrogen and oxygen atoms in total. The second-order valence-corrected chi connectivity index (χ2v) is 4.25. The van der Waals surface area contributed by atoms with Crippen LogP contribution in [0.2, 0.25) is 0 Å². The highest BCUT2D eigenvalue weighted by Crippen LogP contribution is 2.05. The molecule has 2 N–H and O–H groups in total. The quantitative estimate of drug-likeness (QED) is 0.790. The molecule has 1 amide bonds. The number of carbonyl (C=O) groups is 1. The van der Waals surface area contributed by atoms with Gasteiger partial charge >= 0.3 is 0 Å². The Morgan fingerprint density at radius 2 is 2.11 bits per heavy atom. The molecule has 0 aliphatic carbocycles. The van der Waals surface area contributed by atoms with Crippen LogP contribution in [0.15, 0.2) is 36.5 Å². The van der Waals surface area contributed by atoms with Gasteiger partial charge in [-0.25, -0.2) is 0 Å². The number of benzene rings is 1. The molecular weight excluding hydrogens is 226 g/mol. The van der Waals surface area contributed by atoms with Crippen molar-refractivity contribution >= 4 is 5.91 Å². The van der Waals surface area contributed by atoms with Crippen LogP contribution in [0.4, 0.5) is 0 Å². The zero-order valence-electron chi connectivity index (χ0n) is 10.4. The van der Waals surface area contributed by atoms with E-state index < -0.39 is 0 Å². The average molecular weight is 243 g/mol. The number of H-pyrrole nitrogens is 1. The lowest BCUT2D eigenvalue weighted by Crippen LogP contribution is -2.24. The molecule has 1 aromatic heterocycles. The van der Waals surface area contributed by atoms with Crippen LogP contribution in [-0.4, -0.2) is 22.6 Å². The summed E-state index contributed by atoms with van der Waals surface area (Å²) in [5, 5.41) is 9.79. The van der Waals surface area contributed by atoms with Crippen molar-refractivity contribution in [2.75, 3.05) is 6.54 Å². The monoisotopic (exact) mass is 243 g/mol. The van der Waals surface area contributed by atoms with Crippen LogP contribution in [0.3, 0.4) is 0 Å². The summed E-state index contributed by atoms with van der Waals surface area (Å²) in [6.07, 6.45) is 3.69. The van der Waals surface area contributed by atoms with E-state index in [9.17, 15) is 4.79 Å². The van der Waals surface area contributed by atoms with Gasteiger partial charge in [0.2, 0.25) is 0 Å². The Kier molecular flexibility index (Phi) is 4.12. The summed E-state index contributed by atoms with van der Waals surface area (Å²) in [5.41, 5.74) is 3.02. The minimum atomic E-state index is -0.0143. The van der Waals surface area contributed by atoms with E-state index in [2.05, 4.69) is 15.5 Å². The third kappa shape index (κ3) is 3.20. The number of hydrogen-bond acceptors (Lipinski definition) is 2. The van der Waals surface area contributed by atoms with Gasteiger partial charge in [0.25, 0.3) is 5.91 Å². The first-order valence-electron chi connectivity index (χ1n) is 6.09. The van der Waals surface area contributed by atoms with E-state index in [0.717, 1.165) is 18.5 Å². The van der Waals surface area contributed by atoms with E-state index >= 15 is 0 Å². The van der Waals surface area contributed by atoms with E-state index in [-0.39, 0.29) is 5.91 Å². The van der Waals surface area contributed by atoms with E-state index in [0.29, 0.717) is 12.1 Å². The Bertz CT molecular complexity index is 505. The first-order valence-corrected chi connectivity index (χ1v) is 6.09. The third-order valence-electron chi connectivity index (χ3n) is 2.88. The third-order valence-corrected chi connectivity index (χ3v) is 2.88. The molecule has 94 valence electrons. The molecule has 0 bridgehead atoms. The van der Waals surface area contributed by atoms with Gasteiger partial charge in [0.05, 0.1) is 6.20 Å². The fourth-order valence-corrected chi connectivity index (χ4v) is 1.80. The standard InChI is InChI=1S/C14H17N3O/c1-11-13(10-16-17-11)8-5-9-15-14(18)12-6-3-2-4-7-12/h2-4,6-7,10H,5,8-9H2,1H3,(H,15,18)(H,16,17). The number of aryl methyl sites for hydroxylation is 2. The highest BCUT2D eigenvalue weighted by atomic mass is 16.1. The number of nitrogens with zero attached hydrogens (tertiary/aromatic N) is 1. The molecule has 0 unspecified atom stereocenters. The van der Waals surface area contributed by atoms with Crippen molar-refractivity contribution in [1.29, 1.82) is 0 Å². The average Bonchev–Trinajstić information content (AvgIpc) is 2.81. The van der Waals surface area contributed by atoms with Crippen molar-refractivity contribution in [3.63, 3.8) is 0 Å². The van der Waals surface area contributed by atoms with Gasteiger partial charge in [-0.1, -0.05) is 18.2 Å². The largest absolute Gasteiger partial charge is 0.352 e. The van der Waals surface area contributed by atoms with Crippen molar-refractivity contribution in [1.82, 2.24) is 15.5 Å². The van der Waals surface area contributed by atoms with Crippen molar-refractivity contribution in [2.45, 2.75) is 19.8 Å². The maximum absolute atomic E-state index is 11.7. The van der Waals surface area contributed by atoms with Gasteiger partial charge < -0.3 is 5.32 Å². The molecule has 0 radical (unpaired) electrons. The maximum Gasteiger partial charge on any atom is 0.251 e. The number of aromatic nitrogens is 2. The molecule has 4 heteroatoms. The predicted octanol–water partition coefficient (Wildman–Crippen LogP) is 2.08. The molecule has 0 atom stereocenters. The SMILES string of the molecule is Cc1[nH]ncc1CCCNC(=O)c1ccccc1. The van der Waals surface area contributed by atoms with Crippen LogP contribution in [0.5, 0.6) is 0 Å². The van der Waals surface area contributed by atoms with Crippen molar-refractivity contribution in [3.8, 4) is 0 Å². The number of amides is 1. The van der Waals surface area contributed by atoms with E-state index in [1.165, 1.54) is 5.56 Å². The summed E-state index contributed by atoms with van der Waals surface area (Å²) in [5.74, 6) is -0.0143. The molecule has 0 spiro atoms. The van der Waals surface area contributed by atoms with Crippen LogP contribution in [0.1, 0.15) is 28.0 Å². The molecule has 0 aliphatic rings. The van der Waals surface area contributed by atoms with E-state index in [1.807, 2.05) is 43.5 Å². The van der Waals surface area contributed by atoms with Crippen LogP contribution in [-0.2, 0) is 6.42 Å². The number of rotatable bonds is 5. The van der Waals surface area contributed by atoms with Gasteiger partial charge in [-0.2, -0.15) is 5.10 Å². The Morgan fingerprint density at radius 3 is 2.78 bits per heavy atom. The fourth-order valence-electron chi connectivity index (χ4n) is 1.80. The lowest BCUT2D eigenvalue weighted by molar-refractivity contribution is 0.0953. The Balaban J connectivity index is 1.73. The summed E-state index contributed by atoms with van der Waals surface area (Å²) in [6, 6.07) is 9.26. The number of carbonyl (C=O) groups excluding carboxylic acids is 1. The van der Waals surface area contributed by atoms with Crippen LogP contribution >= 0.6 is 0 Å². The van der Waals surface area contributed by atoms with Gasteiger partial charge in [0.15, 0.2) is 0 Å². The second-order valence-electron chi connectivity index (χ2n) is 4.25. The summed E-state index contributed by atoms with van der Waals surface area (Å²) >= 11 is 0. The van der Waals surface area contributed by atoms with Gasteiger partial charge in [0, 0.05) is 17.8 Å². The second kappa shape index (κ2) is 6.00. The highest BCUT2D eigenvalue weighted by molar-refractivity contribution is 5.94. The Labute approximate surface area is 106 Å². The molecule has 1 heterocycles. The molecule has 0 fully saturated rings. The minimum absolute atomic E-state index is 0.0143. The summed E-state index contributed by atoms with van der Waals surface area (Å²) in [4.78, 5) is 11.7. The smallest absolute Gasteiger partial charge is 0.251 e. The molecule has 0 saturated carbocycles. The van der Waals surface area contributed by atoms with Gasteiger partial charge in [-0.3, -0.25) is 9.89 Å². The molecule has 2 aromatic rings. The van der Waals surface area contributed by atoms with Crippen molar-refractivity contribution in [3.05, 3.63) is 53.3 Å². The topological polar surface area (TPSA) is 57.8 Å². The molecule has 0 saturated heterocycles. The van der Waals surface area contributed by atoms with Gasteiger partial charge in [0.1, 0.15) is 0 Å². The Morgan fingerprint density at radius 1 is 1.33 bits per heavy atom. The minimum Gasteiger partial charge on any atom is -0.352 e. The van der Waals surface area contributed by atoms with Crippen LogP contribution < -0.4 is 5.32 Å². The Hall–Kier alpha value is -2.10. The molecule has 18 heavy (non-hydrogen) atoms. The fraction of sp³-hybridized carbons (Fsp3) is 0.286. The maximum atomic E-state index is 11.7. The first kappa shape index (κ1) is 12.4. The summed E-state index contributed by atoms with van der Waals surface area (Å²) < 4.78 is 0. The zero-order chi connectivity index (χ0) is 12.8. The van der Waals surface area contributed by atoms with Crippen LogP contribution in [0.25, 0.3) is 0 Å². The number of hydrogen-bond donors (Lipinski definition) is 2. The number of aromatic amines is 1. The molecule has 1 aromatic carbocycles. The molecule has 0 aliphatic heterocycles. The predicted molar refractivity (Wildman–Crippen MR) is 70.4 cm³/mol. The van der Waals surface area contributed by atoms with E-state index in [1.54, 1.807) is 0 Å². The molecule has 2 rings (SSSR count). The first-order chi connectivity index (χ1) is 8.77. The highest BCUT2D eigenvalue weighted by Gasteiger charge is 2.04. The summed E-state index contributed by atoms with van der Waals surface area (Å²) in [6.45, 7) is 2.68. The van der Waals surface area contributed by atoms with Crippen LogP contribution in [0, 0.1) is 6.92 Å². The lowest BCUT2D eigenvalue weighted by atomic mass is 10.1. The van der Waals surface area contributed by atoms with Crippen molar-refractivity contribution < 1.29 is 4.79 Å². The number of nitrogens with one attached hydrogen (secondary N) is 2. The zero-order valence-corrected chi connectivity index (χ0v) is 10.4. The summed E-state index contributed by atoms with van der Waals surface area (Å²) in [7, 11) is 0.